The highest BCUT2D eigenvalue weighted by Crippen LogP contribution is 2.30. The summed E-state index contributed by atoms with van der Waals surface area (Å²) in [6, 6.07) is 5.15. The summed E-state index contributed by atoms with van der Waals surface area (Å²) < 4.78 is 15.1. The number of hydrogen-bond acceptors (Lipinski definition) is 6. The van der Waals surface area contributed by atoms with Gasteiger partial charge in [0, 0.05) is 23.6 Å². The van der Waals surface area contributed by atoms with E-state index in [2.05, 4.69) is 15.0 Å². The minimum absolute atomic E-state index is 0.127. The van der Waals surface area contributed by atoms with Gasteiger partial charge in [0.15, 0.2) is 11.5 Å². The van der Waals surface area contributed by atoms with Crippen LogP contribution in [0.5, 0.6) is 11.5 Å². The molecular formula is C17H20N2O6. The second kappa shape index (κ2) is 8.18. The predicted octanol–water partition coefficient (Wildman–Crippen LogP) is 0.767. The molecule has 8 nitrogen and oxygen atoms in total. The smallest absolute Gasteiger partial charge is 0.396 e. The van der Waals surface area contributed by atoms with Crippen LogP contribution in [0.2, 0.25) is 0 Å². The lowest BCUT2D eigenvalue weighted by Crippen LogP contribution is -2.34. The van der Waals surface area contributed by atoms with Crippen LogP contribution in [0, 0.1) is 0 Å². The van der Waals surface area contributed by atoms with Crippen molar-refractivity contribution in [3.05, 3.63) is 34.1 Å². The highest BCUT2D eigenvalue weighted by atomic mass is 16.5. The number of benzene rings is 1. The van der Waals surface area contributed by atoms with E-state index in [0.717, 1.165) is 5.39 Å². The van der Waals surface area contributed by atoms with Gasteiger partial charge in [-0.05, 0) is 25.5 Å². The zero-order chi connectivity index (χ0) is 18.4. The van der Waals surface area contributed by atoms with Gasteiger partial charge in [0.05, 0.1) is 26.3 Å². The molecule has 2 aromatic rings. The molecule has 2 rings (SSSR count). The number of hydrogen-bond donors (Lipinski definition) is 2. The van der Waals surface area contributed by atoms with E-state index < -0.39 is 11.9 Å². The summed E-state index contributed by atoms with van der Waals surface area (Å²) in [5.41, 5.74) is 0.816. The molecule has 1 heterocycles. The van der Waals surface area contributed by atoms with Gasteiger partial charge in [-0.3, -0.25) is 9.59 Å². The van der Waals surface area contributed by atoms with Crippen LogP contribution >= 0.6 is 0 Å². The topological polar surface area (TPSA) is 107 Å². The Morgan fingerprint density at radius 3 is 2.44 bits per heavy atom. The van der Waals surface area contributed by atoms with Gasteiger partial charge in [-0.15, -0.1) is 0 Å². The number of fused-ring (bicyclic) bond motifs is 1. The highest BCUT2D eigenvalue weighted by Gasteiger charge is 2.14. The average molecular weight is 348 g/mol. The van der Waals surface area contributed by atoms with Crippen LogP contribution in [-0.2, 0) is 20.7 Å². The molecule has 1 aromatic heterocycles. The predicted molar refractivity (Wildman–Crippen MR) is 91.0 cm³/mol. The maximum Gasteiger partial charge on any atom is 0.396 e. The van der Waals surface area contributed by atoms with Crippen LogP contribution in [0.4, 0.5) is 0 Å². The fourth-order valence-electron chi connectivity index (χ4n) is 2.34. The summed E-state index contributed by atoms with van der Waals surface area (Å²) in [5.74, 6) is -0.707. The van der Waals surface area contributed by atoms with Crippen molar-refractivity contribution in [1.29, 1.82) is 0 Å². The van der Waals surface area contributed by atoms with Gasteiger partial charge in [-0.2, -0.15) is 0 Å². The van der Waals surface area contributed by atoms with Crippen molar-refractivity contribution in [2.24, 2.45) is 0 Å². The number of carbonyl (C=O) groups is 2. The van der Waals surface area contributed by atoms with Gasteiger partial charge in [0.1, 0.15) is 0 Å². The number of pyridine rings is 1. The van der Waals surface area contributed by atoms with Gasteiger partial charge >= 0.3 is 11.9 Å². The lowest BCUT2D eigenvalue weighted by atomic mass is 10.1. The number of aromatic amines is 1. The summed E-state index contributed by atoms with van der Waals surface area (Å²) in [6.07, 6.45) is 0.269. The normalized spacial score (nSPS) is 10.4. The monoisotopic (exact) mass is 348 g/mol. The molecule has 0 unspecified atom stereocenters. The average Bonchev–Trinajstić information content (AvgIpc) is 2.61. The van der Waals surface area contributed by atoms with E-state index in [1.165, 1.54) is 14.2 Å². The third-order valence-corrected chi connectivity index (χ3v) is 3.57. The first-order valence-electron chi connectivity index (χ1n) is 7.73. The summed E-state index contributed by atoms with van der Waals surface area (Å²) >= 11 is 0. The molecular weight excluding hydrogens is 328 g/mol. The second-order valence-corrected chi connectivity index (χ2v) is 5.14. The van der Waals surface area contributed by atoms with Crippen LogP contribution in [0.1, 0.15) is 12.5 Å². The molecule has 0 saturated carbocycles. The minimum atomic E-state index is -0.938. The first-order chi connectivity index (χ1) is 12.0. The zero-order valence-corrected chi connectivity index (χ0v) is 14.3. The molecule has 0 spiro atoms. The Hall–Kier alpha value is -3.03. The number of H-pyrrole nitrogens is 1. The molecule has 0 radical (unpaired) electrons. The molecule has 0 aliphatic rings. The molecule has 2 N–H and O–H groups in total. The van der Waals surface area contributed by atoms with Gasteiger partial charge in [0.25, 0.3) is 5.56 Å². The molecule has 0 fully saturated rings. The first kappa shape index (κ1) is 18.3. The van der Waals surface area contributed by atoms with Crippen molar-refractivity contribution in [2.75, 3.05) is 27.4 Å². The van der Waals surface area contributed by atoms with E-state index in [-0.39, 0.29) is 25.1 Å². The number of amides is 1. The SMILES string of the molecule is CCOC(=O)C(=O)NCCc1cc2cc(OC)c(OC)cc2[nH]c1=O. The van der Waals surface area contributed by atoms with E-state index in [1.807, 2.05) is 0 Å². The molecule has 134 valence electrons. The molecule has 1 amide bonds. The Morgan fingerprint density at radius 2 is 1.80 bits per heavy atom. The first-order valence-corrected chi connectivity index (χ1v) is 7.73. The Kier molecular flexibility index (Phi) is 5.99. The number of nitrogens with one attached hydrogen (secondary N) is 2. The maximum atomic E-state index is 12.2. The van der Waals surface area contributed by atoms with Crippen molar-refractivity contribution in [1.82, 2.24) is 10.3 Å². The molecule has 0 bridgehead atoms. The van der Waals surface area contributed by atoms with Crippen LogP contribution in [0.3, 0.4) is 0 Å². The number of rotatable bonds is 6. The minimum Gasteiger partial charge on any atom is -0.493 e. The third kappa shape index (κ3) is 4.28. The molecule has 8 heteroatoms. The van der Waals surface area contributed by atoms with Crippen molar-refractivity contribution in [3.63, 3.8) is 0 Å². The van der Waals surface area contributed by atoms with Crippen molar-refractivity contribution in [3.8, 4) is 11.5 Å². The Bertz CT molecular complexity index is 843. The number of esters is 1. The quantitative estimate of drug-likeness (QED) is 0.590. The van der Waals surface area contributed by atoms with E-state index in [4.69, 9.17) is 9.47 Å². The Balaban J connectivity index is 2.16. The lowest BCUT2D eigenvalue weighted by molar-refractivity contribution is -0.154. The zero-order valence-electron chi connectivity index (χ0n) is 14.3. The molecule has 25 heavy (non-hydrogen) atoms. The van der Waals surface area contributed by atoms with E-state index in [0.29, 0.717) is 22.6 Å². The van der Waals surface area contributed by atoms with Crippen molar-refractivity contribution in [2.45, 2.75) is 13.3 Å². The highest BCUT2D eigenvalue weighted by molar-refractivity contribution is 6.32. The Labute approximate surface area is 144 Å². The van der Waals surface area contributed by atoms with E-state index in [1.54, 1.807) is 25.1 Å². The fourth-order valence-corrected chi connectivity index (χ4v) is 2.34. The van der Waals surface area contributed by atoms with Crippen molar-refractivity contribution >= 4 is 22.8 Å². The molecule has 0 aliphatic carbocycles. The summed E-state index contributed by atoms with van der Waals surface area (Å²) in [7, 11) is 3.05. The van der Waals surface area contributed by atoms with E-state index >= 15 is 0 Å². The summed E-state index contributed by atoms with van der Waals surface area (Å²) in [6.45, 7) is 1.88. The third-order valence-electron chi connectivity index (χ3n) is 3.57. The fraction of sp³-hybridized carbons (Fsp3) is 0.353. The number of methoxy groups -OCH3 is 2. The van der Waals surface area contributed by atoms with Crippen LogP contribution < -0.4 is 20.3 Å². The largest absolute Gasteiger partial charge is 0.493 e. The second-order valence-electron chi connectivity index (χ2n) is 5.14. The number of ether oxygens (including phenoxy) is 3. The maximum absolute atomic E-state index is 12.2. The van der Waals surface area contributed by atoms with Crippen LogP contribution in [-0.4, -0.2) is 44.2 Å². The number of carbonyl (C=O) groups excluding carboxylic acids is 2. The Morgan fingerprint density at radius 1 is 1.12 bits per heavy atom. The van der Waals surface area contributed by atoms with Crippen molar-refractivity contribution < 1.29 is 23.8 Å². The van der Waals surface area contributed by atoms with Gasteiger partial charge in [0.2, 0.25) is 0 Å². The van der Waals surface area contributed by atoms with E-state index in [9.17, 15) is 14.4 Å². The van der Waals surface area contributed by atoms with Gasteiger partial charge in [-0.1, -0.05) is 0 Å². The standard InChI is InChI=1S/C17H20N2O6/c1-4-25-17(22)16(21)18-6-5-10-7-11-8-13(23-2)14(24-3)9-12(11)19-15(10)20/h7-9H,4-6H2,1-3H3,(H,18,21)(H,19,20). The summed E-state index contributed by atoms with van der Waals surface area (Å²) in [5, 5.41) is 3.19. The summed E-state index contributed by atoms with van der Waals surface area (Å²) in [4.78, 5) is 37.6. The van der Waals surface area contributed by atoms with Gasteiger partial charge < -0.3 is 24.5 Å². The van der Waals surface area contributed by atoms with Crippen LogP contribution in [0.25, 0.3) is 10.9 Å². The molecule has 1 aromatic carbocycles. The molecule has 0 aliphatic heterocycles. The number of aromatic nitrogens is 1. The van der Waals surface area contributed by atoms with Crippen LogP contribution in [0.15, 0.2) is 23.0 Å². The lowest BCUT2D eigenvalue weighted by Gasteiger charge is -2.10. The molecule has 0 atom stereocenters. The van der Waals surface area contributed by atoms with Gasteiger partial charge in [-0.25, -0.2) is 4.79 Å². The molecule has 0 saturated heterocycles.